The molecular formula is C13H16O8S. The second kappa shape index (κ2) is 5.04. The maximum atomic E-state index is 12.0. The normalized spacial score (nSPS) is 38.5. The van der Waals surface area contributed by atoms with Gasteiger partial charge in [-0.1, -0.05) is 6.58 Å². The summed E-state index contributed by atoms with van der Waals surface area (Å²) in [5.74, 6) is -1.48. The molecule has 0 aromatic heterocycles. The van der Waals surface area contributed by atoms with Crippen LogP contribution in [0.4, 0.5) is 0 Å². The topological polar surface area (TPSA) is 105 Å². The van der Waals surface area contributed by atoms with Crippen molar-refractivity contribution < 1.29 is 36.4 Å². The van der Waals surface area contributed by atoms with Gasteiger partial charge >= 0.3 is 11.9 Å². The minimum Gasteiger partial charge on any atom is -0.454 e. The largest absolute Gasteiger partial charge is 0.454 e. The van der Waals surface area contributed by atoms with Gasteiger partial charge in [0.1, 0.15) is 17.5 Å². The molecule has 122 valence electrons. The molecule has 6 atom stereocenters. The van der Waals surface area contributed by atoms with E-state index >= 15 is 0 Å². The summed E-state index contributed by atoms with van der Waals surface area (Å²) in [7, 11) is -3.66. The summed E-state index contributed by atoms with van der Waals surface area (Å²) in [5.41, 5.74) is 0.163. The third kappa shape index (κ3) is 2.33. The van der Waals surface area contributed by atoms with Crippen LogP contribution in [0.25, 0.3) is 0 Å². The van der Waals surface area contributed by atoms with Crippen molar-refractivity contribution in [3.63, 3.8) is 0 Å². The van der Waals surface area contributed by atoms with Gasteiger partial charge in [0.15, 0.2) is 12.2 Å². The molecule has 0 saturated carbocycles. The van der Waals surface area contributed by atoms with Crippen molar-refractivity contribution in [2.24, 2.45) is 0 Å². The molecule has 3 aliphatic rings. The Morgan fingerprint density at radius 2 is 2.00 bits per heavy atom. The molecule has 0 radical (unpaired) electrons. The fourth-order valence-electron chi connectivity index (χ4n) is 2.91. The maximum Gasteiger partial charge on any atom is 0.347 e. The van der Waals surface area contributed by atoms with Crippen LogP contribution in [-0.4, -0.2) is 56.1 Å². The average molecular weight is 332 g/mol. The van der Waals surface area contributed by atoms with Crippen LogP contribution in [0.2, 0.25) is 0 Å². The van der Waals surface area contributed by atoms with Crippen LogP contribution in [0.5, 0.6) is 0 Å². The van der Waals surface area contributed by atoms with E-state index in [0.29, 0.717) is 0 Å². The van der Waals surface area contributed by atoms with Gasteiger partial charge in [0.25, 0.3) is 10.1 Å². The number of ether oxygens (including phenoxy) is 3. The number of carbonyl (C=O) groups excluding carboxylic acids is 2. The monoisotopic (exact) mass is 332 g/mol. The summed E-state index contributed by atoms with van der Waals surface area (Å²) in [6.45, 7) is 6.24. The Labute approximate surface area is 127 Å². The molecule has 0 amide bonds. The fourth-order valence-corrected chi connectivity index (χ4v) is 4.55. The number of esters is 2. The molecular weight excluding hydrogens is 316 g/mol. The highest BCUT2D eigenvalue weighted by Crippen LogP contribution is 2.47. The van der Waals surface area contributed by atoms with Crippen LogP contribution >= 0.6 is 0 Å². The highest BCUT2D eigenvalue weighted by molar-refractivity contribution is 7.87. The molecule has 0 N–H and O–H groups in total. The van der Waals surface area contributed by atoms with Crippen LogP contribution < -0.4 is 0 Å². The number of hydrogen-bond donors (Lipinski definition) is 0. The molecule has 0 aromatic rings. The Morgan fingerprint density at radius 3 is 2.64 bits per heavy atom. The quantitative estimate of drug-likeness (QED) is 0.392. The van der Waals surface area contributed by atoms with E-state index in [1.54, 1.807) is 0 Å². The van der Waals surface area contributed by atoms with E-state index in [1.165, 1.54) is 13.8 Å². The van der Waals surface area contributed by atoms with E-state index in [4.69, 9.17) is 18.4 Å². The lowest BCUT2D eigenvalue weighted by Gasteiger charge is -2.23. The van der Waals surface area contributed by atoms with Gasteiger partial charge in [-0.05, 0) is 20.3 Å². The minimum atomic E-state index is -3.66. The van der Waals surface area contributed by atoms with Gasteiger partial charge in [-0.25, -0.2) is 9.59 Å². The highest BCUT2D eigenvalue weighted by Gasteiger charge is 2.67. The zero-order valence-electron chi connectivity index (χ0n) is 12.1. The lowest BCUT2D eigenvalue weighted by molar-refractivity contribution is -0.172. The van der Waals surface area contributed by atoms with Crippen LogP contribution in [-0.2, 0) is 38.1 Å². The van der Waals surface area contributed by atoms with Crippen LogP contribution in [0, 0.1) is 0 Å². The van der Waals surface area contributed by atoms with Crippen LogP contribution in [0.1, 0.15) is 20.3 Å². The Kier molecular flexibility index (Phi) is 3.54. The van der Waals surface area contributed by atoms with Crippen molar-refractivity contribution in [1.29, 1.82) is 0 Å². The lowest BCUT2D eigenvalue weighted by atomic mass is 9.94. The summed E-state index contributed by atoms with van der Waals surface area (Å²) in [6, 6.07) is 0. The van der Waals surface area contributed by atoms with Gasteiger partial charge in [-0.2, -0.15) is 8.42 Å². The first-order valence-electron chi connectivity index (χ1n) is 6.85. The summed E-state index contributed by atoms with van der Waals surface area (Å²) >= 11 is 0. The second-order valence-corrected chi connectivity index (χ2v) is 7.48. The number of rotatable bonds is 4. The van der Waals surface area contributed by atoms with E-state index in [0.717, 1.165) is 0 Å². The molecule has 0 aromatic carbocycles. The Bertz CT molecular complexity index is 638. The zero-order chi connectivity index (χ0) is 16.2. The lowest BCUT2D eigenvalue weighted by Crippen LogP contribution is -2.43. The predicted molar refractivity (Wildman–Crippen MR) is 71.1 cm³/mol. The molecule has 8 nitrogen and oxygen atoms in total. The molecule has 9 heteroatoms. The van der Waals surface area contributed by atoms with Gasteiger partial charge in [0.2, 0.25) is 0 Å². The van der Waals surface area contributed by atoms with Crippen molar-refractivity contribution in [2.75, 3.05) is 0 Å². The van der Waals surface area contributed by atoms with E-state index < -0.39 is 57.8 Å². The molecule has 3 rings (SSSR count). The van der Waals surface area contributed by atoms with E-state index in [2.05, 4.69) is 6.58 Å². The van der Waals surface area contributed by atoms with Crippen molar-refractivity contribution in [1.82, 2.24) is 0 Å². The van der Waals surface area contributed by atoms with E-state index in [9.17, 15) is 18.0 Å². The van der Waals surface area contributed by atoms with Gasteiger partial charge < -0.3 is 14.2 Å². The summed E-state index contributed by atoms with van der Waals surface area (Å²) < 4.78 is 44.1. The standard InChI is InChI=1S/C13H16O8S/c1-5(2)12(14)18-6(3)13(15)20-9-7-4-8-10(19-7)11(9)21-22(8,16)17/h6-11H,1,4H2,2-3H3. The number of fused-ring (bicyclic) bond motifs is 1. The summed E-state index contributed by atoms with van der Waals surface area (Å²) in [4.78, 5) is 23.4. The summed E-state index contributed by atoms with van der Waals surface area (Å²) in [5, 5.41) is -0.684. The first-order valence-corrected chi connectivity index (χ1v) is 8.32. The third-order valence-electron chi connectivity index (χ3n) is 4.01. The minimum absolute atomic E-state index is 0.163. The van der Waals surface area contributed by atoms with E-state index in [1.807, 2.05) is 0 Å². The van der Waals surface area contributed by atoms with Crippen molar-refractivity contribution >= 4 is 22.1 Å². The Morgan fingerprint density at radius 1 is 1.32 bits per heavy atom. The summed E-state index contributed by atoms with van der Waals surface area (Å²) in [6.07, 6.45) is -3.62. The van der Waals surface area contributed by atoms with E-state index in [-0.39, 0.29) is 12.0 Å². The zero-order valence-corrected chi connectivity index (χ0v) is 12.9. The number of hydrogen-bond acceptors (Lipinski definition) is 8. The molecule has 3 aliphatic heterocycles. The fraction of sp³-hybridized carbons (Fsp3) is 0.692. The molecule has 6 unspecified atom stereocenters. The van der Waals surface area contributed by atoms with Gasteiger partial charge in [-0.3, -0.25) is 4.18 Å². The first-order chi connectivity index (χ1) is 10.2. The first kappa shape index (κ1) is 15.4. The number of carbonyl (C=O) groups is 2. The Hall–Kier alpha value is -1.45. The molecule has 0 aliphatic carbocycles. The molecule has 0 spiro atoms. The van der Waals surface area contributed by atoms with Crippen molar-refractivity contribution in [3.8, 4) is 0 Å². The SMILES string of the molecule is C=C(C)C(=O)OC(C)C(=O)OC1C2CC3C(O2)C1OS3(=O)=O. The predicted octanol–water partition coefficient (Wildman–Crippen LogP) is -0.326. The van der Waals surface area contributed by atoms with Crippen molar-refractivity contribution in [2.45, 2.75) is 56.0 Å². The molecule has 3 fully saturated rings. The average Bonchev–Trinajstić information content (AvgIpc) is 3.02. The maximum absolute atomic E-state index is 12.0. The molecule has 22 heavy (non-hydrogen) atoms. The van der Waals surface area contributed by atoms with Crippen molar-refractivity contribution in [3.05, 3.63) is 12.2 Å². The molecule has 2 bridgehead atoms. The van der Waals surface area contributed by atoms with Gasteiger partial charge in [0.05, 0.1) is 6.10 Å². The molecule has 3 heterocycles. The Balaban J connectivity index is 1.64. The molecule has 3 saturated heterocycles. The van der Waals surface area contributed by atoms with Crippen LogP contribution in [0.3, 0.4) is 0 Å². The van der Waals surface area contributed by atoms with Gasteiger partial charge in [0, 0.05) is 5.57 Å². The van der Waals surface area contributed by atoms with Gasteiger partial charge in [-0.15, -0.1) is 0 Å². The second-order valence-electron chi connectivity index (χ2n) is 5.70. The van der Waals surface area contributed by atoms with Crippen LogP contribution in [0.15, 0.2) is 12.2 Å². The highest BCUT2D eigenvalue weighted by atomic mass is 32.2. The third-order valence-corrected chi connectivity index (χ3v) is 5.70. The smallest absolute Gasteiger partial charge is 0.347 e.